The molecule has 0 aliphatic rings. The van der Waals surface area contributed by atoms with Crippen molar-refractivity contribution in [2.75, 3.05) is 5.32 Å². The Labute approximate surface area is 176 Å². The molecule has 0 saturated heterocycles. The topological polar surface area (TPSA) is 46.2 Å². The number of Topliss-reactive ketones (excluding diaryl/α,β-unsaturated/α-hetero) is 1. The number of benzene rings is 3. The lowest BCUT2D eigenvalue weighted by molar-refractivity contribution is -0.137. The van der Waals surface area contributed by atoms with E-state index < -0.39 is 17.6 Å². The second-order valence-electron chi connectivity index (χ2n) is 6.85. The normalized spacial score (nSPS) is 11.2. The van der Waals surface area contributed by atoms with Crippen molar-refractivity contribution in [3.63, 3.8) is 0 Å². The summed E-state index contributed by atoms with van der Waals surface area (Å²) in [6, 6.07) is 16.3. The molecule has 3 aromatic rings. The molecule has 0 radical (unpaired) electrons. The molecule has 3 aromatic carbocycles. The molecule has 0 atom stereocenters. The van der Waals surface area contributed by atoms with Gasteiger partial charge in [-0.2, -0.15) is 13.2 Å². The van der Waals surface area contributed by atoms with Gasteiger partial charge in [0.2, 0.25) is 0 Å². The van der Waals surface area contributed by atoms with Crippen LogP contribution in [0.3, 0.4) is 0 Å². The largest absolute Gasteiger partial charge is 0.416 e. The lowest BCUT2D eigenvalue weighted by atomic mass is 10.0. The van der Waals surface area contributed by atoms with Crippen LogP contribution in [0, 0.1) is 6.92 Å². The van der Waals surface area contributed by atoms with Crippen LogP contribution in [-0.2, 0) is 12.6 Å². The Morgan fingerprint density at radius 2 is 1.63 bits per heavy atom. The van der Waals surface area contributed by atoms with Crippen LogP contribution in [0.25, 0.3) is 0 Å². The minimum Gasteiger partial charge on any atom is -0.322 e. The summed E-state index contributed by atoms with van der Waals surface area (Å²) in [5.41, 5.74) is 0.805. The number of aryl methyl sites for hydroxylation is 1. The molecule has 7 heteroatoms. The third kappa shape index (κ3) is 5.48. The van der Waals surface area contributed by atoms with E-state index in [1.54, 1.807) is 42.5 Å². The van der Waals surface area contributed by atoms with E-state index >= 15 is 0 Å². The lowest BCUT2D eigenvalue weighted by Gasteiger charge is -2.11. The molecular weight excluding hydrogens is 415 g/mol. The van der Waals surface area contributed by atoms with E-state index in [9.17, 15) is 22.8 Å². The molecule has 0 saturated carbocycles. The molecule has 3 rings (SSSR count). The standard InChI is InChI=1S/C23H17ClF3NO2/c1-14-9-17(12-18(10-14)23(25,26)27)22(30)28-20-4-2-3-16(13-20)21(29)11-15-5-7-19(24)8-6-15/h2-10,12-13H,11H2,1H3,(H,28,30). The van der Waals surface area contributed by atoms with E-state index in [1.165, 1.54) is 19.1 Å². The summed E-state index contributed by atoms with van der Waals surface area (Å²) in [7, 11) is 0. The van der Waals surface area contributed by atoms with Gasteiger partial charge >= 0.3 is 6.18 Å². The first-order valence-electron chi connectivity index (χ1n) is 9.00. The van der Waals surface area contributed by atoms with E-state index in [2.05, 4.69) is 5.32 Å². The van der Waals surface area contributed by atoms with Crippen LogP contribution < -0.4 is 5.32 Å². The maximum Gasteiger partial charge on any atom is 0.416 e. The molecule has 0 aromatic heterocycles. The predicted octanol–water partition coefficient (Wildman–Crippen LogP) is 6.34. The van der Waals surface area contributed by atoms with Crippen LogP contribution in [0.1, 0.15) is 37.4 Å². The quantitative estimate of drug-likeness (QED) is 0.479. The summed E-state index contributed by atoms with van der Waals surface area (Å²) in [6.45, 7) is 1.49. The predicted molar refractivity (Wildman–Crippen MR) is 110 cm³/mol. The summed E-state index contributed by atoms with van der Waals surface area (Å²) in [5.74, 6) is -0.852. The summed E-state index contributed by atoms with van der Waals surface area (Å²) >= 11 is 5.84. The van der Waals surface area contributed by atoms with Gasteiger partial charge < -0.3 is 5.32 Å². The molecule has 0 aliphatic heterocycles. The Morgan fingerprint density at radius 1 is 0.933 bits per heavy atom. The van der Waals surface area contributed by atoms with Crippen molar-refractivity contribution in [3.05, 3.63) is 99.6 Å². The summed E-state index contributed by atoms with van der Waals surface area (Å²) in [4.78, 5) is 25.0. The zero-order valence-corrected chi connectivity index (χ0v) is 16.6. The Balaban J connectivity index is 1.76. The van der Waals surface area contributed by atoms with Crippen molar-refractivity contribution in [3.8, 4) is 0 Å². The fourth-order valence-electron chi connectivity index (χ4n) is 2.94. The zero-order chi connectivity index (χ0) is 21.9. The van der Waals surface area contributed by atoms with Gasteiger partial charge in [-0.25, -0.2) is 0 Å². The Morgan fingerprint density at radius 3 is 2.30 bits per heavy atom. The zero-order valence-electron chi connectivity index (χ0n) is 15.9. The van der Waals surface area contributed by atoms with Gasteiger partial charge in [-0.15, -0.1) is 0 Å². The molecule has 30 heavy (non-hydrogen) atoms. The molecule has 0 spiro atoms. The summed E-state index contributed by atoms with van der Waals surface area (Å²) < 4.78 is 39.0. The number of amides is 1. The van der Waals surface area contributed by atoms with E-state index in [0.29, 0.717) is 21.8 Å². The third-order valence-corrected chi connectivity index (χ3v) is 4.64. The highest BCUT2D eigenvalue weighted by Crippen LogP contribution is 2.30. The number of nitrogens with one attached hydrogen (secondary N) is 1. The Hall–Kier alpha value is -3.12. The number of anilines is 1. The van der Waals surface area contributed by atoms with Crippen LogP contribution in [0.5, 0.6) is 0 Å². The van der Waals surface area contributed by atoms with Crippen LogP contribution >= 0.6 is 11.6 Å². The molecule has 0 aliphatic carbocycles. The van der Waals surface area contributed by atoms with E-state index in [4.69, 9.17) is 11.6 Å². The fraction of sp³-hybridized carbons (Fsp3) is 0.130. The first-order chi connectivity index (χ1) is 14.1. The summed E-state index contributed by atoms with van der Waals surface area (Å²) in [5, 5.41) is 3.12. The van der Waals surface area contributed by atoms with Crippen molar-refractivity contribution >= 4 is 29.0 Å². The van der Waals surface area contributed by atoms with Gasteiger partial charge in [-0.1, -0.05) is 35.9 Å². The van der Waals surface area contributed by atoms with Gasteiger partial charge in [0.05, 0.1) is 5.56 Å². The highest BCUT2D eigenvalue weighted by atomic mass is 35.5. The maximum atomic E-state index is 13.0. The molecule has 154 valence electrons. The molecule has 0 heterocycles. The highest BCUT2D eigenvalue weighted by Gasteiger charge is 2.31. The summed E-state index contributed by atoms with van der Waals surface area (Å²) in [6.07, 6.45) is -4.39. The lowest BCUT2D eigenvalue weighted by Crippen LogP contribution is -2.15. The van der Waals surface area contributed by atoms with Crippen LogP contribution in [0.15, 0.2) is 66.7 Å². The van der Waals surface area contributed by atoms with Crippen molar-refractivity contribution in [1.82, 2.24) is 0 Å². The average molecular weight is 432 g/mol. The molecule has 1 N–H and O–H groups in total. The van der Waals surface area contributed by atoms with Gasteiger partial charge in [-0.05, 0) is 60.5 Å². The number of carbonyl (C=O) groups excluding carboxylic acids is 2. The number of halogens is 4. The second-order valence-corrected chi connectivity index (χ2v) is 7.28. The fourth-order valence-corrected chi connectivity index (χ4v) is 3.07. The molecular formula is C23H17ClF3NO2. The van der Waals surface area contributed by atoms with Crippen molar-refractivity contribution in [2.45, 2.75) is 19.5 Å². The van der Waals surface area contributed by atoms with Crippen LogP contribution in [0.2, 0.25) is 5.02 Å². The van der Waals surface area contributed by atoms with Crippen LogP contribution in [-0.4, -0.2) is 11.7 Å². The first kappa shape index (κ1) is 21.6. The number of carbonyl (C=O) groups is 2. The number of rotatable bonds is 5. The van der Waals surface area contributed by atoms with Crippen molar-refractivity contribution < 1.29 is 22.8 Å². The monoisotopic (exact) mass is 431 g/mol. The molecule has 0 fully saturated rings. The van der Waals surface area contributed by atoms with E-state index in [-0.39, 0.29) is 17.8 Å². The Kier molecular flexibility index (Phi) is 6.27. The van der Waals surface area contributed by atoms with Gasteiger partial charge in [0.1, 0.15) is 0 Å². The van der Waals surface area contributed by atoms with E-state index in [1.807, 2.05) is 0 Å². The minimum atomic E-state index is -4.55. The minimum absolute atomic E-state index is 0.111. The molecule has 0 bridgehead atoms. The van der Waals surface area contributed by atoms with E-state index in [0.717, 1.165) is 17.7 Å². The second kappa shape index (κ2) is 8.71. The number of alkyl halides is 3. The smallest absolute Gasteiger partial charge is 0.322 e. The van der Waals surface area contributed by atoms with Gasteiger partial charge in [0.25, 0.3) is 5.91 Å². The highest BCUT2D eigenvalue weighted by molar-refractivity contribution is 6.30. The molecule has 0 unspecified atom stereocenters. The van der Waals surface area contributed by atoms with Crippen molar-refractivity contribution in [1.29, 1.82) is 0 Å². The SMILES string of the molecule is Cc1cc(C(=O)Nc2cccc(C(=O)Cc3ccc(Cl)cc3)c2)cc(C(F)(F)F)c1. The third-order valence-electron chi connectivity index (χ3n) is 4.39. The van der Waals surface area contributed by atoms with Crippen molar-refractivity contribution in [2.24, 2.45) is 0 Å². The average Bonchev–Trinajstić information content (AvgIpc) is 2.69. The molecule has 3 nitrogen and oxygen atoms in total. The van der Waals surface area contributed by atoms with Gasteiger partial charge in [0, 0.05) is 28.3 Å². The first-order valence-corrected chi connectivity index (χ1v) is 9.37. The van der Waals surface area contributed by atoms with Gasteiger partial charge in [-0.3, -0.25) is 9.59 Å². The molecule has 1 amide bonds. The number of hydrogen-bond donors (Lipinski definition) is 1. The number of hydrogen-bond acceptors (Lipinski definition) is 2. The Bertz CT molecular complexity index is 1090. The van der Waals surface area contributed by atoms with Crippen LogP contribution in [0.4, 0.5) is 18.9 Å². The maximum absolute atomic E-state index is 13.0. The van der Waals surface area contributed by atoms with Gasteiger partial charge in [0.15, 0.2) is 5.78 Å². The number of ketones is 1.